The molecular weight excluding hydrogens is 280 g/mol. The number of benzene rings is 2. The highest BCUT2D eigenvalue weighted by Crippen LogP contribution is 2.23. The molecule has 2 aromatic rings. The van der Waals surface area contributed by atoms with Crippen molar-refractivity contribution in [3.8, 4) is 11.5 Å². The molecule has 2 aromatic carbocycles. The highest BCUT2D eigenvalue weighted by Gasteiger charge is 2.27. The summed E-state index contributed by atoms with van der Waals surface area (Å²) in [6, 6.07) is 15.3. The van der Waals surface area contributed by atoms with Gasteiger partial charge in [0, 0.05) is 11.3 Å². The molecule has 0 saturated carbocycles. The minimum absolute atomic E-state index is 0.318. The Labute approximate surface area is 129 Å². The SMILES string of the molecule is COc1ccc(N2CC(c3cccc(OC)c3)=[N+]([O-])C2)cc1. The number of nitrogens with zero attached hydrogens (tertiary/aromatic N) is 2. The first kappa shape index (κ1) is 14.3. The number of rotatable bonds is 4. The molecule has 0 radical (unpaired) electrons. The van der Waals surface area contributed by atoms with Crippen LogP contribution >= 0.6 is 0 Å². The lowest BCUT2D eigenvalue weighted by atomic mass is 10.1. The summed E-state index contributed by atoms with van der Waals surface area (Å²) >= 11 is 0. The van der Waals surface area contributed by atoms with E-state index < -0.39 is 0 Å². The Kier molecular flexibility index (Phi) is 3.87. The third-order valence-electron chi connectivity index (χ3n) is 3.78. The molecule has 0 aromatic heterocycles. The van der Waals surface area contributed by atoms with Gasteiger partial charge in [-0.15, -0.1) is 0 Å². The Bertz CT molecular complexity index is 695. The van der Waals surface area contributed by atoms with Crippen molar-refractivity contribution in [3.63, 3.8) is 0 Å². The van der Waals surface area contributed by atoms with E-state index in [9.17, 15) is 5.21 Å². The molecule has 0 bridgehead atoms. The van der Waals surface area contributed by atoms with Crippen LogP contribution in [0.25, 0.3) is 0 Å². The molecule has 114 valence electrons. The van der Waals surface area contributed by atoms with E-state index in [1.807, 2.05) is 53.4 Å². The third-order valence-corrected chi connectivity index (χ3v) is 3.78. The summed E-state index contributed by atoms with van der Waals surface area (Å²) in [5, 5.41) is 12.3. The van der Waals surface area contributed by atoms with Gasteiger partial charge in [-0.1, -0.05) is 6.07 Å². The molecular formula is C17H18N2O3. The van der Waals surface area contributed by atoms with Crippen LogP contribution in [0.1, 0.15) is 5.56 Å². The first-order chi connectivity index (χ1) is 10.7. The Morgan fingerprint density at radius 3 is 2.41 bits per heavy atom. The van der Waals surface area contributed by atoms with E-state index in [1.54, 1.807) is 14.2 Å². The molecule has 0 atom stereocenters. The molecule has 3 rings (SSSR count). The van der Waals surface area contributed by atoms with Gasteiger partial charge in [-0.05, 0) is 42.5 Å². The molecule has 0 unspecified atom stereocenters. The average molecular weight is 298 g/mol. The van der Waals surface area contributed by atoms with E-state index in [0.29, 0.717) is 13.2 Å². The van der Waals surface area contributed by atoms with Crippen LogP contribution in [0.2, 0.25) is 0 Å². The zero-order valence-electron chi connectivity index (χ0n) is 12.7. The maximum atomic E-state index is 12.3. The van der Waals surface area contributed by atoms with Gasteiger partial charge in [0.2, 0.25) is 12.4 Å². The second-order valence-electron chi connectivity index (χ2n) is 5.09. The number of anilines is 1. The Balaban J connectivity index is 1.81. The monoisotopic (exact) mass is 298 g/mol. The summed E-state index contributed by atoms with van der Waals surface area (Å²) in [6.45, 7) is 0.891. The number of hydrogen-bond donors (Lipinski definition) is 0. The topological polar surface area (TPSA) is 47.8 Å². The summed E-state index contributed by atoms with van der Waals surface area (Å²) in [5.74, 6) is 1.56. The quantitative estimate of drug-likeness (QED) is 0.643. The standard InChI is InChI=1S/C17H18N2O3/c1-21-15-8-6-14(7-9-15)18-11-17(19(20)12-18)13-4-3-5-16(10-13)22-2/h3-10H,11-12H2,1-2H3. The van der Waals surface area contributed by atoms with Crippen LogP contribution in [0.15, 0.2) is 48.5 Å². The highest BCUT2D eigenvalue weighted by atomic mass is 16.5. The Morgan fingerprint density at radius 2 is 1.73 bits per heavy atom. The van der Waals surface area contributed by atoms with Gasteiger partial charge >= 0.3 is 0 Å². The van der Waals surface area contributed by atoms with E-state index >= 15 is 0 Å². The van der Waals surface area contributed by atoms with Crippen LogP contribution in [0.5, 0.6) is 11.5 Å². The largest absolute Gasteiger partial charge is 0.622 e. The van der Waals surface area contributed by atoms with Crippen molar-refractivity contribution in [2.24, 2.45) is 0 Å². The molecule has 0 N–H and O–H groups in total. The lowest BCUT2D eigenvalue weighted by Gasteiger charge is -2.14. The van der Waals surface area contributed by atoms with Crippen LogP contribution in [-0.2, 0) is 0 Å². The van der Waals surface area contributed by atoms with Gasteiger partial charge in [0.25, 0.3) is 0 Å². The van der Waals surface area contributed by atoms with Crippen molar-refractivity contribution in [2.75, 3.05) is 32.3 Å². The summed E-state index contributed by atoms with van der Waals surface area (Å²) < 4.78 is 11.4. The molecule has 0 amide bonds. The molecule has 0 saturated heterocycles. The lowest BCUT2D eigenvalue weighted by Crippen LogP contribution is -2.23. The molecule has 0 fully saturated rings. The third kappa shape index (κ3) is 2.70. The molecule has 5 nitrogen and oxygen atoms in total. The van der Waals surface area contributed by atoms with Crippen LogP contribution < -0.4 is 14.4 Å². The molecule has 1 aliphatic heterocycles. The van der Waals surface area contributed by atoms with Crippen LogP contribution in [-0.4, -0.2) is 37.9 Å². The molecule has 5 heteroatoms. The number of hydrogen-bond acceptors (Lipinski definition) is 4. The van der Waals surface area contributed by atoms with Crippen LogP contribution in [0, 0.1) is 5.21 Å². The summed E-state index contributed by atoms with van der Waals surface area (Å²) in [6.07, 6.45) is 0. The maximum Gasteiger partial charge on any atom is 0.229 e. The van der Waals surface area contributed by atoms with Gasteiger partial charge < -0.3 is 19.6 Å². The smallest absolute Gasteiger partial charge is 0.229 e. The zero-order chi connectivity index (χ0) is 15.5. The Morgan fingerprint density at radius 1 is 1.00 bits per heavy atom. The van der Waals surface area contributed by atoms with Crippen LogP contribution in [0.4, 0.5) is 5.69 Å². The second-order valence-corrected chi connectivity index (χ2v) is 5.09. The maximum absolute atomic E-state index is 12.3. The molecule has 22 heavy (non-hydrogen) atoms. The van der Waals surface area contributed by atoms with E-state index in [2.05, 4.69) is 0 Å². The van der Waals surface area contributed by atoms with Crippen LogP contribution in [0.3, 0.4) is 0 Å². The fourth-order valence-corrected chi connectivity index (χ4v) is 2.55. The summed E-state index contributed by atoms with van der Waals surface area (Å²) in [7, 11) is 3.26. The predicted molar refractivity (Wildman–Crippen MR) is 85.9 cm³/mol. The van der Waals surface area contributed by atoms with E-state index in [4.69, 9.17) is 9.47 Å². The van der Waals surface area contributed by atoms with Gasteiger partial charge in [-0.2, -0.15) is 4.74 Å². The molecule has 1 heterocycles. The first-order valence-corrected chi connectivity index (χ1v) is 7.05. The van der Waals surface area contributed by atoms with Crippen molar-refractivity contribution in [1.82, 2.24) is 0 Å². The normalized spacial score (nSPS) is 14.4. The van der Waals surface area contributed by atoms with Gasteiger partial charge in [-0.3, -0.25) is 0 Å². The molecule has 0 spiro atoms. The fourth-order valence-electron chi connectivity index (χ4n) is 2.55. The molecule has 1 aliphatic rings. The van der Waals surface area contributed by atoms with Gasteiger partial charge in [0.1, 0.15) is 18.0 Å². The van der Waals surface area contributed by atoms with Gasteiger partial charge in [0.05, 0.1) is 14.2 Å². The number of hydroxylamine groups is 1. The molecule has 0 aliphatic carbocycles. The van der Waals surface area contributed by atoms with E-state index in [-0.39, 0.29) is 0 Å². The van der Waals surface area contributed by atoms with E-state index in [1.165, 1.54) is 0 Å². The van der Waals surface area contributed by atoms with Crippen molar-refractivity contribution in [2.45, 2.75) is 0 Å². The summed E-state index contributed by atoms with van der Waals surface area (Å²) in [5.41, 5.74) is 2.64. The summed E-state index contributed by atoms with van der Waals surface area (Å²) in [4.78, 5) is 2.03. The predicted octanol–water partition coefficient (Wildman–Crippen LogP) is 2.48. The van der Waals surface area contributed by atoms with Gasteiger partial charge in [0.15, 0.2) is 0 Å². The highest BCUT2D eigenvalue weighted by molar-refractivity contribution is 6.01. The minimum Gasteiger partial charge on any atom is -0.622 e. The number of ether oxygens (including phenoxy) is 2. The van der Waals surface area contributed by atoms with Crippen molar-refractivity contribution in [1.29, 1.82) is 0 Å². The number of methoxy groups -OCH3 is 2. The minimum atomic E-state index is 0.318. The van der Waals surface area contributed by atoms with E-state index in [0.717, 1.165) is 33.2 Å². The second kappa shape index (κ2) is 5.97. The first-order valence-electron chi connectivity index (χ1n) is 7.05. The van der Waals surface area contributed by atoms with Crippen molar-refractivity contribution in [3.05, 3.63) is 59.3 Å². The van der Waals surface area contributed by atoms with Crippen molar-refractivity contribution >= 4 is 11.4 Å². The Hall–Kier alpha value is -2.69. The average Bonchev–Trinajstić information content (AvgIpc) is 2.97. The fraction of sp³-hybridized carbons (Fsp3) is 0.235. The lowest BCUT2D eigenvalue weighted by molar-refractivity contribution is -0.447. The zero-order valence-corrected chi connectivity index (χ0v) is 12.7. The van der Waals surface area contributed by atoms with Gasteiger partial charge in [-0.25, -0.2) is 0 Å². The van der Waals surface area contributed by atoms with Crippen molar-refractivity contribution < 1.29 is 14.2 Å².